The molecule has 0 bridgehead atoms. The van der Waals surface area contributed by atoms with Crippen LogP contribution in [0.4, 0.5) is 16.3 Å². The molecular formula is C30H27N7O3S. The van der Waals surface area contributed by atoms with Crippen molar-refractivity contribution in [2.75, 3.05) is 10.6 Å². The van der Waals surface area contributed by atoms with Crippen LogP contribution in [-0.4, -0.2) is 46.0 Å². The molecule has 1 atom stereocenters. The summed E-state index contributed by atoms with van der Waals surface area (Å²) in [6.07, 6.45) is 4.41. The molecule has 2 aliphatic heterocycles. The molecule has 11 heteroatoms. The van der Waals surface area contributed by atoms with Crippen LogP contribution < -0.4 is 15.4 Å². The van der Waals surface area contributed by atoms with Crippen molar-refractivity contribution in [3.63, 3.8) is 0 Å². The molecule has 2 aromatic heterocycles. The number of aryl methyl sites for hydroxylation is 1. The molecule has 0 spiro atoms. The smallest absolute Gasteiger partial charge is 0.324 e. The van der Waals surface area contributed by atoms with Crippen molar-refractivity contribution in [3.05, 3.63) is 77.0 Å². The second-order valence-electron chi connectivity index (χ2n) is 10.6. The lowest BCUT2D eigenvalue weighted by atomic mass is 9.92. The number of benzene rings is 2. The van der Waals surface area contributed by atoms with Gasteiger partial charge in [-0.3, -0.25) is 15.1 Å². The average Bonchev–Trinajstić information content (AvgIpc) is 3.56. The number of anilines is 2. The number of carbonyl (C=O) groups excluding carboxylic acids is 2. The average molecular weight is 566 g/mol. The van der Waals surface area contributed by atoms with Crippen LogP contribution in [-0.2, 0) is 10.2 Å². The van der Waals surface area contributed by atoms with E-state index in [1.807, 2.05) is 49.4 Å². The molecule has 4 heterocycles. The Balaban J connectivity index is 1.26. The van der Waals surface area contributed by atoms with Crippen LogP contribution in [0.25, 0.3) is 15.8 Å². The Morgan fingerprint density at radius 2 is 1.85 bits per heavy atom. The number of carbonyl (C=O) groups is 2. The number of aliphatic imine (C=N–C) groups is 3. The van der Waals surface area contributed by atoms with Gasteiger partial charge < -0.3 is 10.1 Å². The minimum absolute atomic E-state index is 0.193. The van der Waals surface area contributed by atoms with Crippen molar-refractivity contribution in [1.29, 1.82) is 0 Å². The predicted molar refractivity (Wildman–Crippen MR) is 163 cm³/mol. The number of ether oxygens (including phenoxy) is 1. The quantitative estimate of drug-likeness (QED) is 0.305. The summed E-state index contributed by atoms with van der Waals surface area (Å²) >= 11 is 1.60. The number of hydrogen-bond donors (Lipinski definition) is 2. The first-order valence-corrected chi connectivity index (χ1v) is 13.8. The van der Waals surface area contributed by atoms with E-state index in [9.17, 15) is 9.59 Å². The number of hydrogen-bond acceptors (Lipinski definition) is 7. The Bertz CT molecular complexity index is 1820. The summed E-state index contributed by atoms with van der Waals surface area (Å²) in [5.74, 6) is 1.49. The molecule has 0 saturated carbocycles. The van der Waals surface area contributed by atoms with E-state index in [1.54, 1.807) is 34.2 Å². The van der Waals surface area contributed by atoms with Crippen LogP contribution in [0.3, 0.4) is 0 Å². The molecule has 1 unspecified atom stereocenters. The fraction of sp³-hybridized carbons (Fsp3) is 0.200. The lowest BCUT2D eigenvalue weighted by Crippen LogP contribution is -2.30. The van der Waals surface area contributed by atoms with E-state index in [-0.39, 0.29) is 5.41 Å². The molecule has 10 nitrogen and oxygen atoms in total. The van der Waals surface area contributed by atoms with Gasteiger partial charge in [0.15, 0.2) is 11.9 Å². The zero-order chi connectivity index (χ0) is 28.7. The second kappa shape index (κ2) is 10.3. The Kier molecular flexibility index (Phi) is 6.58. The van der Waals surface area contributed by atoms with Gasteiger partial charge in [0.1, 0.15) is 22.3 Å². The van der Waals surface area contributed by atoms with E-state index in [2.05, 4.69) is 46.4 Å². The van der Waals surface area contributed by atoms with Gasteiger partial charge in [0.2, 0.25) is 0 Å². The largest absolute Gasteiger partial charge is 0.458 e. The summed E-state index contributed by atoms with van der Waals surface area (Å²) in [6.45, 7) is 8.30. The zero-order valence-corrected chi connectivity index (χ0v) is 23.7. The maximum absolute atomic E-state index is 13.3. The molecule has 0 saturated heterocycles. The minimum Gasteiger partial charge on any atom is -0.458 e. The number of amidine groups is 1. The van der Waals surface area contributed by atoms with Gasteiger partial charge in [0.25, 0.3) is 5.91 Å². The zero-order valence-electron chi connectivity index (χ0n) is 22.9. The molecule has 41 heavy (non-hydrogen) atoms. The molecule has 6 rings (SSSR count). The molecule has 0 fully saturated rings. The van der Waals surface area contributed by atoms with Crippen molar-refractivity contribution >= 4 is 63.8 Å². The van der Waals surface area contributed by atoms with Gasteiger partial charge in [-0.25, -0.2) is 14.5 Å². The molecule has 4 aromatic rings. The Hall–Kier alpha value is -4.90. The lowest BCUT2D eigenvalue weighted by molar-refractivity contribution is -0.111. The monoisotopic (exact) mass is 565 g/mol. The van der Waals surface area contributed by atoms with Crippen LogP contribution >= 0.6 is 11.3 Å². The van der Waals surface area contributed by atoms with E-state index < -0.39 is 18.0 Å². The number of rotatable bonds is 5. The topological polar surface area (TPSA) is 122 Å². The Morgan fingerprint density at radius 3 is 2.61 bits per heavy atom. The minimum atomic E-state index is -0.588. The van der Waals surface area contributed by atoms with E-state index in [4.69, 9.17) is 9.84 Å². The Morgan fingerprint density at radius 1 is 1.05 bits per heavy atom. The van der Waals surface area contributed by atoms with Crippen molar-refractivity contribution in [2.24, 2.45) is 15.0 Å². The lowest BCUT2D eigenvalue weighted by Gasteiger charge is -2.21. The first-order valence-electron chi connectivity index (χ1n) is 13.0. The van der Waals surface area contributed by atoms with Crippen molar-refractivity contribution in [3.8, 4) is 10.8 Å². The van der Waals surface area contributed by atoms with Gasteiger partial charge in [0.05, 0.1) is 17.6 Å². The van der Waals surface area contributed by atoms with Crippen LogP contribution in [0.1, 0.15) is 31.3 Å². The first kappa shape index (κ1) is 26.3. The highest BCUT2D eigenvalue weighted by molar-refractivity contribution is 7.14. The highest BCUT2D eigenvalue weighted by atomic mass is 32.1. The molecule has 2 N–H and O–H groups in total. The van der Waals surface area contributed by atoms with Crippen LogP contribution in [0.15, 0.2) is 81.4 Å². The number of dihydropyridines is 1. The number of fused-ring (bicyclic) bond motifs is 2. The van der Waals surface area contributed by atoms with Gasteiger partial charge in [0, 0.05) is 33.3 Å². The third-order valence-corrected chi connectivity index (χ3v) is 7.51. The maximum atomic E-state index is 13.3. The van der Waals surface area contributed by atoms with Gasteiger partial charge in [-0.2, -0.15) is 10.1 Å². The summed E-state index contributed by atoms with van der Waals surface area (Å²) in [6, 6.07) is 16.1. The van der Waals surface area contributed by atoms with E-state index in [0.29, 0.717) is 28.8 Å². The standard InChI is InChI=1S/C30H27N7O3S/c1-17-9-12-26(41-17)37-24(15-23(36-37)30(2,3)4)34-29(39)33-20-10-11-21(19-8-6-5-7-18(19)20)40-22-13-14-31-28-27(22)32-16-25(38)35-28/h5-16,27H,1-4H3,(H2,33,34,39). The van der Waals surface area contributed by atoms with E-state index in [1.165, 1.54) is 12.4 Å². The number of urea groups is 1. The third kappa shape index (κ3) is 5.31. The van der Waals surface area contributed by atoms with Crippen LogP contribution in [0.5, 0.6) is 5.75 Å². The second-order valence-corrected chi connectivity index (χ2v) is 11.9. The summed E-state index contributed by atoms with van der Waals surface area (Å²) in [5.41, 5.74) is 1.29. The van der Waals surface area contributed by atoms with Gasteiger partial charge >= 0.3 is 6.03 Å². The van der Waals surface area contributed by atoms with Gasteiger partial charge in [-0.15, -0.1) is 11.3 Å². The first-order chi connectivity index (χ1) is 19.7. The Labute approximate surface area is 240 Å². The maximum Gasteiger partial charge on any atom is 0.324 e. The molecular weight excluding hydrogens is 538 g/mol. The summed E-state index contributed by atoms with van der Waals surface area (Å²) in [4.78, 5) is 38.4. The van der Waals surface area contributed by atoms with Gasteiger partial charge in [-0.1, -0.05) is 45.0 Å². The van der Waals surface area contributed by atoms with E-state index in [0.717, 1.165) is 26.3 Å². The highest BCUT2D eigenvalue weighted by Gasteiger charge is 2.28. The number of amides is 3. The van der Waals surface area contributed by atoms with Crippen LogP contribution in [0, 0.1) is 6.92 Å². The number of aromatic nitrogens is 2. The fourth-order valence-electron chi connectivity index (χ4n) is 4.48. The summed E-state index contributed by atoms with van der Waals surface area (Å²) in [7, 11) is 0. The number of allylic oxidation sites excluding steroid dienone is 1. The van der Waals surface area contributed by atoms with Crippen molar-refractivity contribution < 1.29 is 14.3 Å². The SMILES string of the molecule is Cc1ccc(-n2nc(C(C)(C)C)cc2NC(=O)Nc2ccc(OC3=CC=NC4=NC(=O)C=NC34)c3ccccc23)s1. The van der Waals surface area contributed by atoms with Crippen molar-refractivity contribution in [2.45, 2.75) is 39.2 Å². The number of thiophene rings is 1. The van der Waals surface area contributed by atoms with Crippen molar-refractivity contribution in [1.82, 2.24) is 9.78 Å². The molecule has 0 radical (unpaired) electrons. The molecule has 0 aliphatic carbocycles. The summed E-state index contributed by atoms with van der Waals surface area (Å²) in [5, 5.41) is 13.3. The summed E-state index contributed by atoms with van der Waals surface area (Å²) < 4.78 is 8.03. The highest BCUT2D eigenvalue weighted by Crippen LogP contribution is 2.34. The van der Waals surface area contributed by atoms with Crippen LogP contribution in [0.2, 0.25) is 0 Å². The molecule has 2 aliphatic rings. The molecule has 2 aromatic carbocycles. The predicted octanol–water partition coefficient (Wildman–Crippen LogP) is 6.06. The fourth-order valence-corrected chi connectivity index (χ4v) is 5.31. The van der Waals surface area contributed by atoms with Gasteiger partial charge in [-0.05, 0) is 37.3 Å². The number of nitrogens with zero attached hydrogens (tertiary/aromatic N) is 5. The molecule has 206 valence electrons. The third-order valence-electron chi connectivity index (χ3n) is 6.53. The normalized spacial score (nSPS) is 16.3. The van der Waals surface area contributed by atoms with E-state index >= 15 is 0 Å². The number of nitrogens with one attached hydrogen (secondary N) is 2. The molecule has 3 amide bonds.